The molecule has 1 heterocycles. The van der Waals surface area contributed by atoms with Crippen molar-refractivity contribution in [2.24, 2.45) is 5.41 Å². The highest BCUT2D eigenvalue weighted by atomic mass is 79.9. The standard InChI is InChI=1S/C14H15BrN2O2/c1-14(2,3)13(18)19-12-11(8-16-17-12)9-5-4-6-10(15)7-9/h4-8H,1-3H3,(H,16,17). The molecule has 2 aromatic rings. The summed E-state index contributed by atoms with van der Waals surface area (Å²) in [5, 5.41) is 6.72. The Morgan fingerprint density at radius 1 is 1.37 bits per heavy atom. The van der Waals surface area contributed by atoms with Gasteiger partial charge in [-0.05, 0) is 38.5 Å². The number of carbonyl (C=O) groups excluding carboxylic acids is 1. The van der Waals surface area contributed by atoms with Gasteiger partial charge in [-0.2, -0.15) is 0 Å². The summed E-state index contributed by atoms with van der Waals surface area (Å²) in [6.45, 7) is 5.42. The van der Waals surface area contributed by atoms with Gasteiger partial charge >= 0.3 is 5.97 Å². The van der Waals surface area contributed by atoms with E-state index >= 15 is 0 Å². The predicted molar refractivity (Wildman–Crippen MR) is 76.8 cm³/mol. The van der Waals surface area contributed by atoms with Gasteiger partial charge in [-0.25, -0.2) is 0 Å². The van der Waals surface area contributed by atoms with Crippen molar-refractivity contribution in [2.75, 3.05) is 0 Å². The maximum absolute atomic E-state index is 11.9. The number of nitrogens with zero attached hydrogens (tertiary/aromatic N) is 1. The highest BCUT2D eigenvalue weighted by molar-refractivity contribution is 9.10. The summed E-state index contributed by atoms with van der Waals surface area (Å²) in [5.74, 6) is -0.00567. The van der Waals surface area contributed by atoms with E-state index in [4.69, 9.17) is 4.74 Å². The first-order chi connectivity index (χ1) is 8.88. The van der Waals surface area contributed by atoms with Crippen molar-refractivity contribution in [3.63, 3.8) is 0 Å². The molecular weight excluding hydrogens is 308 g/mol. The number of rotatable bonds is 2. The Morgan fingerprint density at radius 2 is 2.11 bits per heavy atom. The molecule has 0 aliphatic carbocycles. The van der Waals surface area contributed by atoms with E-state index in [1.54, 1.807) is 27.0 Å². The number of carbonyl (C=O) groups is 1. The van der Waals surface area contributed by atoms with Crippen molar-refractivity contribution >= 4 is 21.9 Å². The lowest BCUT2D eigenvalue weighted by Crippen LogP contribution is -2.25. The molecule has 2 rings (SSSR count). The van der Waals surface area contributed by atoms with E-state index in [0.717, 1.165) is 15.6 Å². The number of ether oxygens (including phenoxy) is 1. The minimum Gasteiger partial charge on any atom is -0.405 e. The molecule has 1 N–H and O–H groups in total. The molecule has 5 heteroatoms. The van der Waals surface area contributed by atoms with Crippen LogP contribution in [-0.2, 0) is 4.79 Å². The summed E-state index contributed by atoms with van der Waals surface area (Å²) in [4.78, 5) is 11.9. The first-order valence-electron chi connectivity index (χ1n) is 5.90. The largest absolute Gasteiger partial charge is 0.405 e. The second kappa shape index (κ2) is 5.17. The summed E-state index contributed by atoms with van der Waals surface area (Å²) in [6.07, 6.45) is 1.72. The molecule has 100 valence electrons. The van der Waals surface area contributed by atoms with Crippen LogP contribution in [0.1, 0.15) is 20.8 Å². The van der Waals surface area contributed by atoms with Crippen LogP contribution in [-0.4, -0.2) is 16.2 Å². The smallest absolute Gasteiger partial charge is 0.318 e. The first-order valence-corrected chi connectivity index (χ1v) is 6.69. The van der Waals surface area contributed by atoms with Crippen LogP contribution in [0.5, 0.6) is 5.88 Å². The highest BCUT2D eigenvalue weighted by Crippen LogP contribution is 2.30. The highest BCUT2D eigenvalue weighted by Gasteiger charge is 2.25. The monoisotopic (exact) mass is 322 g/mol. The second-order valence-electron chi connectivity index (χ2n) is 5.25. The van der Waals surface area contributed by atoms with Gasteiger partial charge in [-0.3, -0.25) is 9.89 Å². The van der Waals surface area contributed by atoms with E-state index in [2.05, 4.69) is 26.1 Å². The van der Waals surface area contributed by atoms with Gasteiger partial charge in [0.05, 0.1) is 11.0 Å². The van der Waals surface area contributed by atoms with Gasteiger partial charge in [0.2, 0.25) is 5.88 Å². The number of aromatic nitrogens is 2. The fourth-order valence-corrected chi connectivity index (χ4v) is 1.86. The third-order valence-corrected chi connectivity index (χ3v) is 3.04. The van der Waals surface area contributed by atoms with Crippen LogP contribution >= 0.6 is 15.9 Å². The number of esters is 1. The van der Waals surface area contributed by atoms with Gasteiger partial charge in [0, 0.05) is 10.7 Å². The van der Waals surface area contributed by atoms with Crippen LogP contribution in [0.15, 0.2) is 34.9 Å². The van der Waals surface area contributed by atoms with Gasteiger partial charge in [0.25, 0.3) is 0 Å². The third-order valence-electron chi connectivity index (χ3n) is 2.54. The molecule has 0 aliphatic rings. The van der Waals surface area contributed by atoms with Crippen LogP contribution < -0.4 is 4.74 Å². The summed E-state index contributed by atoms with van der Waals surface area (Å²) in [7, 11) is 0. The van der Waals surface area contributed by atoms with Gasteiger partial charge in [-0.1, -0.05) is 28.1 Å². The van der Waals surface area contributed by atoms with Crippen LogP contribution in [0.4, 0.5) is 0 Å². The molecule has 1 aromatic heterocycles. The molecule has 0 amide bonds. The second-order valence-corrected chi connectivity index (χ2v) is 6.17. The molecule has 0 unspecified atom stereocenters. The topological polar surface area (TPSA) is 55.0 Å². The van der Waals surface area contributed by atoms with E-state index in [0.29, 0.717) is 5.88 Å². The van der Waals surface area contributed by atoms with Crippen LogP contribution in [0.2, 0.25) is 0 Å². The van der Waals surface area contributed by atoms with Crippen LogP contribution in [0.25, 0.3) is 11.1 Å². The minimum absolute atomic E-state index is 0.304. The van der Waals surface area contributed by atoms with Crippen LogP contribution in [0, 0.1) is 5.41 Å². The zero-order valence-corrected chi connectivity index (χ0v) is 12.6. The van der Waals surface area contributed by atoms with Crippen molar-refractivity contribution in [1.29, 1.82) is 0 Å². The van der Waals surface area contributed by atoms with Gasteiger partial charge in [-0.15, -0.1) is 5.10 Å². The van der Waals surface area contributed by atoms with Gasteiger partial charge in [0.15, 0.2) is 0 Å². The quantitative estimate of drug-likeness (QED) is 0.856. The van der Waals surface area contributed by atoms with E-state index in [1.807, 2.05) is 24.3 Å². The van der Waals surface area contributed by atoms with E-state index < -0.39 is 5.41 Å². The molecule has 0 aliphatic heterocycles. The summed E-state index contributed by atoms with van der Waals surface area (Å²) >= 11 is 3.42. The Bertz CT molecular complexity index is 599. The molecule has 0 saturated heterocycles. The van der Waals surface area contributed by atoms with Gasteiger partial charge in [0.1, 0.15) is 0 Å². The molecule has 4 nitrogen and oxygen atoms in total. The molecule has 0 atom stereocenters. The Balaban J connectivity index is 2.31. The summed E-state index contributed by atoms with van der Waals surface area (Å²) in [6, 6.07) is 7.73. The average Bonchev–Trinajstić information content (AvgIpc) is 2.76. The predicted octanol–water partition coefficient (Wildman–Crippen LogP) is 3.79. The van der Waals surface area contributed by atoms with Crippen LogP contribution in [0.3, 0.4) is 0 Å². The minimum atomic E-state index is -0.562. The first kappa shape index (κ1) is 13.8. The lowest BCUT2D eigenvalue weighted by Gasteiger charge is -2.15. The van der Waals surface area contributed by atoms with E-state index in [9.17, 15) is 4.79 Å². The maximum Gasteiger partial charge on any atom is 0.318 e. The number of nitrogens with one attached hydrogen (secondary N) is 1. The molecule has 1 aromatic carbocycles. The molecule has 0 bridgehead atoms. The van der Waals surface area contributed by atoms with Crippen molar-refractivity contribution in [3.8, 4) is 17.0 Å². The number of aromatic amines is 1. The van der Waals surface area contributed by atoms with E-state index in [1.165, 1.54) is 0 Å². The Morgan fingerprint density at radius 3 is 2.74 bits per heavy atom. The summed E-state index contributed by atoms with van der Waals surface area (Å²) in [5.41, 5.74) is 1.13. The van der Waals surface area contributed by atoms with Gasteiger partial charge < -0.3 is 4.74 Å². The number of H-pyrrole nitrogens is 1. The van der Waals surface area contributed by atoms with Crippen molar-refractivity contribution < 1.29 is 9.53 Å². The number of halogens is 1. The third kappa shape index (κ3) is 3.23. The zero-order valence-electron chi connectivity index (χ0n) is 11.0. The Labute approximate surface area is 120 Å². The normalized spacial score (nSPS) is 11.4. The SMILES string of the molecule is CC(C)(C)C(=O)Oc1n[nH]cc1-c1cccc(Br)c1. The lowest BCUT2D eigenvalue weighted by molar-refractivity contribution is -0.143. The number of hydrogen-bond donors (Lipinski definition) is 1. The molecular formula is C14H15BrN2O2. The summed E-state index contributed by atoms with van der Waals surface area (Å²) < 4.78 is 6.31. The maximum atomic E-state index is 11.9. The Kier molecular flexibility index (Phi) is 3.75. The molecule has 0 spiro atoms. The Hall–Kier alpha value is -1.62. The fraction of sp³-hybridized carbons (Fsp3) is 0.286. The van der Waals surface area contributed by atoms with Crippen molar-refractivity contribution in [2.45, 2.75) is 20.8 Å². The molecule has 0 saturated carbocycles. The lowest BCUT2D eigenvalue weighted by atomic mass is 9.97. The number of benzene rings is 1. The average molecular weight is 323 g/mol. The number of hydrogen-bond acceptors (Lipinski definition) is 3. The molecule has 19 heavy (non-hydrogen) atoms. The fourth-order valence-electron chi connectivity index (χ4n) is 1.46. The molecule has 0 fully saturated rings. The van der Waals surface area contributed by atoms with E-state index in [-0.39, 0.29) is 5.97 Å². The van der Waals surface area contributed by atoms with Crippen molar-refractivity contribution in [3.05, 3.63) is 34.9 Å². The molecule has 0 radical (unpaired) electrons. The van der Waals surface area contributed by atoms with Crippen molar-refractivity contribution in [1.82, 2.24) is 10.2 Å². The zero-order chi connectivity index (χ0) is 14.0.